The number of amides is 1. The molecular formula is C23H28F3N5O3. The van der Waals surface area contributed by atoms with Gasteiger partial charge in [0.2, 0.25) is 5.91 Å². The second-order valence-electron chi connectivity index (χ2n) is 9.10. The third kappa shape index (κ3) is 5.76. The average molecular weight is 480 g/mol. The number of rotatable bonds is 6. The summed E-state index contributed by atoms with van der Waals surface area (Å²) >= 11 is 0. The number of aromatic nitrogens is 2. The highest BCUT2D eigenvalue weighted by Crippen LogP contribution is 2.36. The number of aromatic hydroxyl groups is 1. The molecule has 2 fully saturated rings. The fourth-order valence-electron chi connectivity index (χ4n) is 4.44. The second kappa shape index (κ2) is 9.75. The molecule has 0 spiro atoms. The molecule has 184 valence electrons. The molecule has 11 heteroatoms. The van der Waals surface area contributed by atoms with Gasteiger partial charge in [-0.25, -0.2) is 0 Å². The molecule has 2 aromatic rings. The Morgan fingerprint density at radius 2 is 1.97 bits per heavy atom. The summed E-state index contributed by atoms with van der Waals surface area (Å²) in [5.74, 6) is -0.0353. The highest BCUT2D eigenvalue weighted by atomic mass is 19.4. The number of anilines is 1. The molecule has 2 aliphatic rings. The summed E-state index contributed by atoms with van der Waals surface area (Å²) in [5, 5.41) is 34.0. The van der Waals surface area contributed by atoms with Gasteiger partial charge in [-0.2, -0.15) is 13.2 Å². The Kier molecular flexibility index (Phi) is 6.94. The maximum atomic E-state index is 12.9. The third-order valence-corrected chi connectivity index (χ3v) is 6.27. The minimum Gasteiger partial charge on any atom is -0.507 e. The number of phenols is 1. The molecule has 1 aliphatic heterocycles. The van der Waals surface area contributed by atoms with E-state index in [0.717, 1.165) is 25.5 Å². The summed E-state index contributed by atoms with van der Waals surface area (Å²) in [6, 6.07) is 4.64. The second-order valence-corrected chi connectivity index (χ2v) is 9.10. The van der Waals surface area contributed by atoms with Crippen molar-refractivity contribution in [3.63, 3.8) is 0 Å². The van der Waals surface area contributed by atoms with E-state index in [9.17, 15) is 28.2 Å². The van der Waals surface area contributed by atoms with Crippen LogP contribution < -0.4 is 10.6 Å². The fourth-order valence-corrected chi connectivity index (χ4v) is 4.44. The SMILES string of the molecule is Cc1cc(N[C@@H]2CCCN(CC(=O)NC3CC(O)C3)C2)nnc1-c1ccc(C(F)(F)F)cc1O. The number of phenolic OH excluding ortho intramolecular Hbond substituents is 1. The third-order valence-electron chi connectivity index (χ3n) is 6.27. The van der Waals surface area contributed by atoms with Crippen LogP contribution >= 0.6 is 0 Å². The van der Waals surface area contributed by atoms with Crippen molar-refractivity contribution < 1.29 is 28.2 Å². The summed E-state index contributed by atoms with van der Waals surface area (Å²) in [4.78, 5) is 14.3. The number of aryl methyl sites for hydroxylation is 1. The number of carbonyl (C=O) groups is 1. The summed E-state index contributed by atoms with van der Waals surface area (Å²) in [5.41, 5.74) is 0.207. The molecule has 8 nitrogen and oxygen atoms in total. The van der Waals surface area contributed by atoms with Crippen LogP contribution in [0.4, 0.5) is 19.0 Å². The number of benzene rings is 1. The monoisotopic (exact) mass is 479 g/mol. The summed E-state index contributed by atoms with van der Waals surface area (Å²) in [6.45, 7) is 3.52. The van der Waals surface area contributed by atoms with Gasteiger partial charge in [-0.15, -0.1) is 10.2 Å². The van der Waals surface area contributed by atoms with Crippen LogP contribution in [0.1, 0.15) is 36.8 Å². The van der Waals surface area contributed by atoms with Crippen molar-refractivity contribution in [1.82, 2.24) is 20.4 Å². The van der Waals surface area contributed by atoms with E-state index in [0.29, 0.717) is 49.1 Å². The highest BCUT2D eigenvalue weighted by molar-refractivity contribution is 5.78. The van der Waals surface area contributed by atoms with E-state index in [4.69, 9.17) is 0 Å². The van der Waals surface area contributed by atoms with Crippen molar-refractivity contribution in [3.8, 4) is 17.0 Å². The molecule has 1 amide bonds. The van der Waals surface area contributed by atoms with Crippen molar-refractivity contribution in [2.24, 2.45) is 0 Å². The Labute approximate surface area is 195 Å². The molecule has 34 heavy (non-hydrogen) atoms. The van der Waals surface area contributed by atoms with Crippen LogP contribution in [-0.4, -0.2) is 69.0 Å². The first kappa shape index (κ1) is 24.2. The zero-order valence-electron chi connectivity index (χ0n) is 18.8. The molecule has 0 bridgehead atoms. The lowest BCUT2D eigenvalue weighted by Crippen LogP contribution is -2.51. The molecule has 1 atom stereocenters. The van der Waals surface area contributed by atoms with Crippen LogP contribution in [-0.2, 0) is 11.0 Å². The van der Waals surface area contributed by atoms with Crippen molar-refractivity contribution in [3.05, 3.63) is 35.4 Å². The van der Waals surface area contributed by atoms with Gasteiger partial charge < -0.3 is 20.8 Å². The van der Waals surface area contributed by atoms with Gasteiger partial charge in [0.05, 0.1) is 23.9 Å². The molecule has 1 saturated carbocycles. The first-order valence-electron chi connectivity index (χ1n) is 11.3. The van der Waals surface area contributed by atoms with E-state index >= 15 is 0 Å². The minimum atomic E-state index is -4.54. The van der Waals surface area contributed by atoms with E-state index < -0.39 is 17.5 Å². The predicted molar refractivity (Wildman–Crippen MR) is 119 cm³/mol. The van der Waals surface area contributed by atoms with Crippen LogP contribution in [0.2, 0.25) is 0 Å². The van der Waals surface area contributed by atoms with Crippen LogP contribution in [0.15, 0.2) is 24.3 Å². The number of aliphatic hydroxyl groups excluding tert-OH is 1. The maximum absolute atomic E-state index is 12.9. The lowest BCUT2D eigenvalue weighted by atomic mass is 9.89. The van der Waals surface area contributed by atoms with Crippen molar-refractivity contribution >= 4 is 11.7 Å². The molecule has 1 aromatic heterocycles. The standard InChI is InChI=1S/C23H28F3N5O3/c1-13-7-20(29-30-22(13)18-5-4-14(8-19(18)33)23(24,25)26)27-15-3-2-6-31(11-15)12-21(34)28-16-9-17(32)10-16/h4-5,7-8,15-17,32-33H,2-3,6,9-12H2,1H3,(H,27,29)(H,28,34)/t15-,16?,17?/m1/s1. The predicted octanol–water partition coefficient (Wildman–Crippen LogP) is 2.69. The maximum Gasteiger partial charge on any atom is 0.416 e. The molecule has 4 N–H and O–H groups in total. The Balaban J connectivity index is 1.36. The molecule has 0 radical (unpaired) electrons. The van der Waals surface area contributed by atoms with Gasteiger partial charge in [0.25, 0.3) is 0 Å². The van der Waals surface area contributed by atoms with Gasteiger partial charge in [-0.1, -0.05) is 0 Å². The zero-order valence-corrected chi connectivity index (χ0v) is 18.8. The van der Waals surface area contributed by atoms with Gasteiger partial charge in [0, 0.05) is 24.2 Å². The van der Waals surface area contributed by atoms with E-state index in [1.54, 1.807) is 13.0 Å². The van der Waals surface area contributed by atoms with E-state index in [1.807, 2.05) is 0 Å². The van der Waals surface area contributed by atoms with Crippen molar-refractivity contribution in [2.75, 3.05) is 25.0 Å². The zero-order chi connectivity index (χ0) is 24.5. The summed E-state index contributed by atoms with van der Waals surface area (Å²) in [7, 11) is 0. The number of nitrogens with zero attached hydrogens (tertiary/aromatic N) is 3. The first-order valence-corrected chi connectivity index (χ1v) is 11.3. The van der Waals surface area contributed by atoms with Gasteiger partial charge in [0.15, 0.2) is 0 Å². The number of carbonyl (C=O) groups excluding carboxylic acids is 1. The number of likely N-dealkylation sites (tertiary alicyclic amines) is 1. The van der Waals surface area contributed by atoms with Gasteiger partial charge in [0.1, 0.15) is 11.6 Å². The summed E-state index contributed by atoms with van der Waals surface area (Å²) in [6.07, 6.45) is -1.83. The largest absolute Gasteiger partial charge is 0.507 e. The number of piperidine rings is 1. The number of hydrogen-bond acceptors (Lipinski definition) is 7. The molecule has 1 aliphatic carbocycles. The number of nitrogens with one attached hydrogen (secondary N) is 2. The van der Waals surface area contributed by atoms with Crippen LogP contribution in [0.3, 0.4) is 0 Å². The lowest BCUT2D eigenvalue weighted by molar-refractivity contribution is -0.137. The number of hydrogen-bond donors (Lipinski definition) is 4. The summed E-state index contributed by atoms with van der Waals surface area (Å²) < 4.78 is 38.6. The number of halogens is 3. The highest BCUT2D eigenvalue weighted by Gasteiger charge is 2.32. The van der Waals surface area contributed by atoms with Crippen LogP contribution in [0.5, 0.6) is 5.75 Å². The molecule has 0 unspecified atom stereocenters. The Bertz CT molecular complexity index is 1040. The Hall–Kier alpha value is -2.92. The molecule has 4 rings (SSSR count). The molecule has 1 aromatic carbocycles. The van der Waals surface area contributed by atoms with Crippen molar-refractivity contribution in [2.45, 2.75) is 57.0 Å². The van der Waals surface area contributed by atoms with E-state index in [-0.39, 0.29) is 29.7 Å². The van der Waals surface area contributed by atoms with Crippen molar-refractivity contribution in [1.29, 1.82) is 0 Å². The van der Waals surface area contributed by atoms with E-state index in [1.165, 1.54) is 6.07 Å². The molecule has 2 heterocycles. The minimum absolute atomic E-state index is 0.0473. The van der Waals surface area contributed by atoms with Crippen LogP contribution in [0, 0.1) is 6.92 Å². The topological polar surface area (TPSA) is 111 Å². The number of alkyl halides is 3. The molecule has 1 saturated heterocycles. The normalized spacial score (nSPS) is 23.3. The quantitative estimate of drug-likeness (QED) is 0.504. The first-order chi connectivity index (χ1) is 16.1. The fraction of sp³-hybridized carbons (Fsp3) is 0.522. The van der Waals surface area contributed by atoms with Crippen LogP contribution in [0.25, 0.3) is 11.3 Å². The smallest absolute Gasteiger partial charge is 0.416 e. The average Bonchev–Trinajstić information content (AvgIpc) is 2.73. The van der Waals surface area contributed by atoms with Gasteiger partial charge in [-0.3, -0.25) is 9.69 Å². The van der Waals surface area contributed by atoms with Gasteiger partial charge >= 0.3 is 6.18 Å². The Morgan fingerprint density at radius 1 is 1.21 bits per heavy atom. The van der Waals surface area contributed by atoms with E-state index in [2.05, 4.69) is 25.7 Å². The Morgan fingerprint density at radius 3 is 2.62 bits per heavy atom. The lowest BCUT2D eigenvalue weighted by Gasteiger charge is -2.35. The molecular weight excluding hydrogens is 451 g/mol. The van der Waals surface area contributed by atoms with Gasteiger partial charge in [-0.05, 0) is 69.0 Å². The number of aliphatic hydroxyl groups is 1.